The van der Waals surface area contributed by atoms with Crippen molar-refractivity contribution in [2.75, 3.05) is 11.9 Å². The van der Waals surface area contributed by atoms with Crippen LogP contribution in [0.1, 0.15) is 74.3 Å². The van der Waals surface area contributed by atoms with Gasteiger partial charge in [-0.25, -0.2) is 9.37 Å². The number of halogens is 1. The van der Waals surface area contributed by atoms with E-state index in [0.717, 1.165) is 29.5 Å². The smallest absolute Gasteiger partial charge is 0.305 e. The third-order valence-corrected chi connectivity index (χ3v) is 6.27. The van der Waals surface area contributed by atoms with Crippen LogP contribution < -0.4 is 10.6 Å². The molecule has 1 unspecified atom stereocenters. The van der Waals surface area contributed by atoms with E-state index < -0.39 is 5.97 Å². The molecule has 1 atom stereocenters. The summed E-state index contributed by atoms with van der Waals surface area (Å²) in [7, 11) is 0. The number of amides is 1. The molecule has 1 fully saturated rings. The Kier molecular flexibility index (Phi) is 10.6. The monoisotopic (exact) mass is 505 g/mol. The van der Waals surface area contributed by atoms with Crippen molar-refractivity contribution in [1.29, 1.82) is 0 Å². The van der Waals surface area contributed by atoms with Crippen LogP contribution in [0.2, 0.25) is 0 Å². The van der Waals surface area contributed by atoms with Crippen molar-refractivity contribution in [3.05, 3.63) is 83.8 Å². The Labute approximate surface area is 218 Å². The summed E-state index contributed by atoms with van der Waals surface area (Å²) in [4.78, 5) is 27.2. The first kappa shape index (κ1) is 27.8. The van der Waals surface area contributed by atoms with Crippen LogP contribution >= 0.6 is 0 Å². The fourth-order valence-electron chi connectivity index (χ4n) is 4.45. The minimum absolute atomic E-state index is 0.0752. The number of pyridine rings is 1. The fraction of sp³-hybridized carbons (Fsp3) is 0.367. The minimum Gasteiger partial charge on any atom is -0.481 e. The zero-order valence-corrected chi connectivity index (χ0v) is 21.5. The SMILES string of the molecule is CCC.O=C(O)CCNC(=O)c1ccc(NC(c2ccc(-c3ccc(F)cc3)cc2)C2CCCC2)nc1. The van der Waals surface area contributed by atoms with E-state index in [0.29, 0.717) is 17.3 Å². The summed E-state index contributed by atoms with van der Waals surface area (Å²) in [6.07, 6.45) is 7.32. The lowest BCUT2D eigenvalue weighted by Gasteiger charge is -2.26. The fourth-order valence-corrected chi connectivity index (χ4v) is 4.45. The number of nitrogens with zero attached hydrogens (tertiary/aromatic N) is 1. The number of carboxylic acids is 1. The summed E-state index contributed by atoms with van der Waals surface area (Å²) in [5.41, 5.74) is 3.55. The molecule has 1 saturated carbocycles. The molecule has 0 spiro atoms. The van der Waals surface area contributed by atoms with Crippen LogP contribution in [0.15, 0.2) is 66.9 Å². The van der Waals surface area contributed by atoms with Gasteiger partial charge in [-0.3, -0.25) is 9.59 Å². The lowest BCUT2D eigenvalue weighted by atomic mass is 9.90. The lowest BCUT2D eigenvalue weighted by Crippen LogP contribution is -2.26. The average Bonchev–Trinajstić information content (AvgIpc) is 3.43. The number of carbonyl (C=O) groups is 2. The average molecular weight is 506 g/mol. The second kappa shape index (κ2) is 14.1. The summed E-state index contributed by atoms with van der Waals surface area (Å²) >= 11 is 0. The van der Waals surface area contributed by atoms with Gasteiger partial charge < -0.3 is 15.7 Å². The van der Waals surface area contributed by atoms with Crippen molar-refractivity contribution in [3.63, 3.8) is 0 Å². The van der Waals surface area contributed by atoms with Gasteiger partial charge in [-0.1, -0.05) is 69.5 Å². The zero-order chi connectivity index (χ0) is 26.6. The number of anilines is 1. The first-order valence-corrected chi connectivity index (χ1v) is 13.0. The quantitative estimate of drug-likeness (QED) is 0.296. The van der Waals surface area contributed by atoms with E-state index in [-0.39, 0.29) is 30.7 Å². The van der Waals surface area contributed by atoms with Crippen molar-refractivity contribution in [2.45, 2.75) is 58.4 Å². The first-order chi connectivity index (χ1) is 17.9. The van der Waals surface area contributed by atoms with Crippen LogP contribution in [-0.2, 0) is 4.79 Å². The van der Waals surface area contributed by atoms with Gasteiger partial charge in [0, 0.05) is 12.7 Å². The molecule has 1 heterocycles. The third kappa shape index (κ3) is 8.41. The molecule has 7 heteroatoms. The van der Waals surface area contributed by atoms with Gasteiger partial charge in [-0.15, -0.1) is 0 Å². The molecule has 3 aromatic rings. The van der Waals surface area contributed by atoms with Crippen molar-refractivity contribution in [1.82, 2.24) is 10.3 Å². The molecule has 1 aromatic heterocycles. The van der Waals surface area contributed by atoms with Crippen LogP contribution in [0.5, 0.6) is 0 Å². The van der Waals surface area contributed by atoms with Gasteiger partial charge in [-0.05, 0) is 59.7 Å². The molecular weight excluding hydrogens is 469 g/mol. The van der Waals surface area contributed by atoms with Crippen molar-refractivity contribution >= 4 is 17.7 Å². The van der Waals surface area contributed by atoms with Gasteiger partial charge in [0.15, 0.2) is 0 Å². The van der Waals surface area contributed by atoms with Crippen molar-refractivity contribution in [2.24, 2.45) is 5.92 Å². The number of benzene rings is 2. The van der Waals surface area contributed by atoms with Crippen LogP contribution in [-0.4, -0.2) is 28.5 Å². The number of aromatic nitrogens is 1. The molecule has 1 amide bonds. The van der Waals surface area contributed by atoms with Gasteiger partial charge in [0.1, 0.15) is 11.6 Å². The number of nitrogens with one attached hydrogen (secondary N) is 2. The molecule has 1 aliphatic carbocycles. The molecule has 1 aliphatic rings. The topological polar surface area (TPSA) is 91.3 Å². The zero-order valence-electron chi connectivity index (χ0n) is 21.5. The van der Waals surface area contributed by atoms with Crippen molar-refractivity contribution in [3.8, 4) is 11.1 Å². The Morgan fingerprint density at radius 1 is 0.973 bits per heavy atom. The molecule has 6 nitrogen and oxygen atoms in total. The Morgan fingerprint density at radius 3 is 2.11 bits per heavy atom. The Bertz CT molecular complexity index is 1130. The molecule has 0 radical (unpaired) electrons. The summed E-state index contributed by atoms with van der Waals surface area (Å²) in [6.45, 7) is 4.33. The highest BCUT2D eigenvalue weighted by atomic mass is 19.1. The van der Waals surface area contributed by atoms with Crippen LogP contribution in [0.3, 0.4) is 0 Å². The van der Waals surface area contributed by atoms with E-state index in [2.05, 4.69) is 53.7 Å². The molecule has 0 saturated heterocycles. The number of carbonyl (C=O) groups excluding carboxylic acids is 1. The highest BCUT2D eigenvalue weighted by Gasteiger charge is 2.26. The molecule has 0 aliphatic heterocycles. The second-order valence-corrected chi connectivity index (χ2v) is 9.33. The highest BCUT2D eigenvalue weighted by molar-refractivity contribution is 5.94. The Hall–Kier alpha value is -3.74. The largest absolute Gasteiger partial charge is 0.481 e. The number of hydrogen-bond donors (Lipinski definition) is 3. The number of hydrogen-bond acceptors (Lipinski definition) is 4. The van der Waals surface area contributed by atoms with Crippen LogP contribution in [0.25, 0.3) is 11.1 Å². The maximum atomic E-state index is 13.2. The third-order valence-electron chi connectivity index (χ3n) is 6.27. The standard InChI is InChI=1S/C27H28FN3O3.C3H8/c28-23-12-9-19(10-13-23)18-5-7-21(8-6-18)26(20-3-1-2-4-20)31-24-14-11-22(17-30-24)27(34)29-16-15-25(32)33;1-3-2/h5-14,17,20,26H,1-4,15-16H2,(H,29,34)(H,30,31)(H,32,33);3H2,1-2H3. The highest BCUT2D eigenvalue weighted by Crippen LogP contribution is 2.38. The van der Waals surface area contributed by atoms with Crippen molar-refractivity contribution < 1.29 is 19.1 Å². The maximum absolute atomic E-state index is 13.2. The van der Waals surface area contributed by atoms with Gasteiger partial charge in [0.05, 0.1) is 18.0 Å². The van der Waals surface area contributed by atoms with E-state index in [4.69, 9.17) is 5.11 Å². The van der Waals surface area contributed by atoms with E-state index in [1.165, 1.54) is 37.6 Å². The normalized spacial score (nSPS) is 13.8. The molecule has 37 heavy (non-hydrogen) atoms. The first-order valence-electron chi connectivity index (χ1n) is 13.0. The summed E-state index contributed by atoms with van der Waals surface area (Å²) in [5.74, 6) is -0.383. The number of rotatable bonds is 9. The minimum atomic E-state index is -0.957. The summed E-state index contributed by atoms with van der Waals surface area (Å²) < 4.78 is 13.2. The molecule has 2 aromatic carbocycles. The Morgan fingerprint density at radius 2 is 1.57 bits per heavy atom. The molecule has 3 N–H and O–H groups in total. The number of aliphatic carboxylic acids is 1. The van der Waals surface area contributed by atoms with E-state index in [1.807, 2.05) is 0 Å². The van der Waals surface area contributed by atoms with E-state index >= 15 is 0 Å². The van der Waals surface area contributed by atoms with Gasteiger partial charge in [0.25, 0.3) is 5.91 Å². The lowest BCUT2D eigenvalue weighted by molar-refractivity contribution is -0.136. The Balaban J connectivity index is 0.00000121. The van der Waals surface area contributed by atoms with Crippen LogP contribution in [0, 0.1) is 11.7 Å². The van der Waals surface area contributed by atoms with Gasteiger partial charge >= 0.3 is 5.97 Å². The second-order valence-electron chi connectivity index (χ2n) is 9.33. The van der Waals surface area contributed by atoms with Crippen LogP contribution in [0.4, 0.5) is 10.2 Å². The summed E-state index contributed by atoms with van der Waals surface area (Å²) in [5, 5.41) is 14.8. The molecule has 0 bridgehead atoms. The number of carboxylic acid groups (broad SMARTS) is 1. The van der Waals surface area contributed by atoms with Gasteiger partial charge in [-0.2, -0.15) is 0 Å². The predicted octanol–water partition coefficient (Wildman–Crippen LogP) is 6.85. The van der Waals surface area contributed by atoms with E-state index in [9.17, 15) is 14.0 Å². The molecule has 196 valence electrons. The molecular formula is C30H36FN3O3. The molecule has 4 rings (SSSR count). The maximum Gasteiger partial charge on any atom is 0.305 e. The summed E-state index contributed by atoms with van der Waals surface area (Å²) in [6, 6.07) is 18.4. The predicted molar refractivity (Wildman–Crippen MR) is 145 cm³/mol. The van der Waals surface area contributed by atoms with E-state index in [1.54, 1.807) is 24.3 Å². The van der Waals surface area contributed by atoms with Gasteiger partial charge in [0.2, 0.25) is 0 Å².